The van der Waals surface area contributed by atoms with Gasteiger partial charge in [0.2, 0.25) is 0 Å². The molecule has 86 valence electrons. The van der Waals surface area contributed by atoms with Gasteiger partial charge in [0.05, 0.1) is 12.2 Å². The standard InChI is InChI=1S/C12H11N3O2/c16-12(17)10-5-3-7-14-11(10)15-8-9-4-1-2-6-13-9/h1-7H,8H2,(H,14,15)(H,16,17). The van der Waals surface area contributed by atoms with Crippen LogP contribution in [0.15, 0.2) is 42.7 Å². The van der Waals surface area contributed by atoms with Gasteiger partial charge < -0.3 is 10.4 Å². The van der Waals surface area contributed by atoms with E-state index in [0.717, 1.165) is 5.69 Å². The minimum atomic E-state index is -0.998. The molecule has 0 aliphatic heterocycles. The van der Waals surface area contributed by atoms with E-state index in [1.165, 1.54) is 6.07 Å². The van der Waals surface area contributed by atoms with E-state index in [1.807, 2.05) is 18.2 Å². The number of nitrogens with one attached hydrogen (secondary N) is 1. The first kappa shape index (κ1) is 11.1. The molecule has 2 rings (SSSR count). The number of anilines is 1. The topological polar surface area (TPSA) is 75.1 Å². The number of carboxylic acids is 1. The van der Waals surface area contributed by atoms with Crippen LogP contribution in [-0.2, 0) is 6.54 Å². The molecule has 0 aromatic carbocycles. The summed E-state index contributed by atoms with van der Waals surface area (Å²) in [5, 5.41) is 11.9. The summed E-state index contributed by atoms with van der Waals surface area (Å²) < 4.78 is 0. The van der Waals surface area contributed by atoms with Gasteiger partial charge in [0.15, 0.2) is 0 Å². The Morgan fingerprint density at radius 3 is 2.71 bits per heavy atom. The fourth-order valence-electron chi connectivity index (χ4n) is 1.40. The fourth-order valence-corrected chi connectivity index (χ4v) is 1.40. The summed E-state index contributed by atoms with van der Waals surface area (Å²) >= 11 is 0. The molecule has 0 radical (unpaired) electrons. The third kappa shape index (κ3) is 2.78. The Morgan fingerprint density at radius 1 is 1.18 bits per heavy atom. The molecule has 2 aromatic rings. The van der Waals surface area contributed by atoms with E-state index >= 15 is 0 Å². The molecule has 0 fully saturated rings. The normalized spacial score (nSPS) is 9.88. The maximum Gasteiger partial charge on any atom is 0.339 e. The van der Waals surface area contributed by atoms with Gasteiger partial charge in [-0.25, -0.2) is 9.78 Å². The predicted octanol–water partition coefficient (Wildman–Crippen LogP) is 1.79. The average molecular weight is 229 g/mol. The second-order valence-corrected chi connectivity index (χ2v) is 3.38. The molecule has 5 nitrogen and oxygen atoms in total. The van der Waals surface area contributed by atoms with E-state index in [0.29, 0.717) is 12.4 Å². The molecule has 0 saturated carbocycles. The maximum absolute atomic E-state index is 10.9. The van der Waals surface area contributed by atoms with Gasteiger partial charge >= 0.3 is 5.97 Å². The third-order valence-electron chi connectivity index (χ3n) is 2.20. The highest BCUT2D eigenvalue weighted by Gasteiger charge is 2.09. The van der Waals surface area contributed by atoms with Crippen LogP contribution in [0.3, 0.4) is 0 Å². The quantitative estimate of drug-likeness (QED) is 0.835. The van der Waals surface area contributed by atoms with E-state index < -0.39 is 5.97 Å². The Bertz CT molecular complexity index is 514. The van der Waals surface area contributed by atoms with E-state index in [-0.39, 0.29) is 5.56 Å². The third-order valence-corrected chi connectivity index (χ3v) is 2.20. The van der Waals surface area contributed by atoms with Crippen molar-refractivity contribution in [3.8, 4) is 0 Å². The molecular formula is C12H11N3O2. The van der Waals surface area contributed by atoms with Gasteiger partial charge in [-0.2, -0.15) is 0 Å². The fraction of sp³-hybridized carbons (Fsp3) is 0.0833. The molecule has 0 unspecified atom stereocenters. The minimum absolute atomic E-state index is 0.156. The van der Waals surface area contributed by atoms with Crippen molar-refractivity contribution < 1.29 is 9.90 Å². The van der Waals surface area contributed by atoms with Crippen molar-refractivity contribution in [2.24, 2.45) is 0 Å². The highest BCUT2D eigenvalue weighted by atomic mass is 16.4. The second kappa shape index (κ2) is 5.07. The number of aromatic nitrogens is 2. The van der Waals surface area contributed by atoms with Crippen molar-refractivity contribution in [1.29, 1.82) is 0 Å². The zero-order valence-electron chi connectivity index (χ0n) is 9.00. The summed E-state index contributed by atoms with van der Waals surface area (Å²) in [6.07, 6.45) is 3.24. The number of hydrogen-bond donors (Lipinski definition) is 2. The molecule has 2 N–H and O–H groups in total. The van der Waals surface area contributed by atoms with Crippen molar-refractivity contribution in [2.75, 3.05) is 5.32 Å². The van der Waals surface area contributed by atoms with Crippen molar-refractivity contribution in [3.63, 3.8) is 0 Å². The largest absolute Gasteiger partial charge is 0.478 e. The molecule has 5 heteroatoms. The Morgan fingerprint density at radius 2 is 2.00 bits per heavy atom. The smallest absolute Gasteiger partial charge is 0.339 e. The lowest BCUT2D eigenvalue weighted by atomic mass is 10.2. The Balaban J connectivity index is 2.12. The number of nitrogens with zero attached hydrogens (tertiary/aromatic N) is 2. The van der Waals surface area contributed by atoms with Crippen LogP contribution >= 0.6 is 0 Å². The minimum Gasteiger partial charge on any atom is -0.478 e. The highest BCUT2D eigenvalue weighted by molar-refractivity contribution is 5.92. The molecule has 0 atom stereocenters. The average Bonchev–Trinajstić information content (AvgIpc) is 2.38. The summed E-state index contributed by atoms with van der Waals surface area (Å²) in [4.78, 5) is 19.1. The summed E-state index contributed by atoms with van der Waals surface area (Å²) in [6.45, 7) is 0.443. The van der Waals surface area contributed by atoms with Crippen LogP contribution in [0.1, 0.15) is 16.1 Å². The van der Waals surface area contributed by atoms with Gasteiger partial charge in [-0.15, -0.1) is 0 Å². The summed E-state index contributed by atoms with van der Waals surface area (Å²) in [5.74, 6) is -0.646. The lowest BCUT2D eigenvalue weighted by molar-refractivity contribution is 0.0697. The van der Waals surface area contributed by atoms with Crippen molar-refractivity contribution in [2.45, 2.75) is 6.54 Å². The van der Waals surface area contributed by atoms with Gasteiger partial charge in [0, 0.05) is 12.4 Å². The number of carboxylic acid groups (broad SMARTS) is 1. The van der Waals surface area contributed by atoms with Crippen LogP contribution in [-0.4, -0.2) is 21.0 Å². The first-order valence-corrected chi connectivity index (χ1v) is 5.09. The van der Waals surface area contributed by atoms with Crippen molar-refractivity contribution >= 4 is 11.8 Å². The first-order valence-electron chi connectivity index (χ1n) is 5.09. The van der Waals surface area contributed by atoms with Gasteiger partial charge in [-0.3, -0.25) is 4.98 Å². The molecule has 17 heavy (non-hydrogen) atoms. The van der Waals surface area contributed by atoms with E-state index in [9.17, 15) is 4.79 Å². The molecule has 0 bridgehead atoms. The van der Waals surface area contributed by atoms with Crippen LogP contribution < -0.4 is 5.32 Å². The van der Waals surface area contributed by atoms with Gasteiger partial charge in [-0.1, -0.05) is 6.07 Å². The molecule has 0 amide bonds. The van der Waals surface area contributed by atoms with Crippen LogP contribution in [0.2, 0.25) is 0 Å². The molecule has 0 aliphatic carbocycles. The van der Waals surface area contributed by atoms with Gasteiger partial charge in [-0.05, 0) is 24.3 Å². The number of aromatic carboxylic acids is 1. The summed E-state index contributed by atoms with van der Waals surface area (Å²) in [5.41, 5.74) is 0.984. The zero-order valence-corrected chi connectivity index (χ0v) is 9.00. The first-order chi connectivity index (χ1) is 8.27. The molecule has 2 heterocycles. The van der Waals surface area contributed by atoms with Crippen LogP contribution in [0.4, 0.5) is 5.82 Å². The lowest BCUT2D eigenvalue weighted by Crippen LogP contribution is -2.08. The monoisotopic (exact) mass is 229 g/mol. The number of pyridine rings is 2. The summed E-state index contributed by atoms with van der Waals surface area (Å²) in [6, 6.07) is 8.66. The zero-order chi connectivity index (χ0) is 12.1. The highest BCUT2D eigenvalue weighted by Crippen LogP contribution is 2.11. The summed E-state index contributed by atoms with van der Waals surface area (Å²) in [7, 11) is 0. The number of carbonyl (C=O) groups is 1. The van der Waals surface area contributed by atoms with Crippen LogP contribution in [0.25, 0.3) is 0 Å². The van der Waals surface area contributed by atoms with E-state index in [1.54, 1.807) is 18.5 Å². The molecule has 2 aromatic heterocycles. The Kier molecular flexibility index (Phi) is 3.30. The molecular weight excluding hydrogens is 218 g/mol. The van der Waals surface area contributed by atoms with E-state index in [4.69, 9.17) is 5.11 Å². The number of rotatable bonds is 4. The lowest BCUT2D eigenvalue weighted by Gasteiger charge is -2.07. The molecule has 0 spiro atoms. The number of hydrogen-bond acceptors (Lipinski definition) is 4. The van der Waals surface area contributed by atoms with Crippen molar-refractivity contribution in [1.82, 2.24) is 9.97 Å². The predicted molar refractivity (Wildman–Crippen MR) is 62.8 cm³/mol. The molecule has 0 aliphatic rings. The Hall–Kier alpha value is -2.43. The van der Waals surface area contributed by atoms with E-state index in [2.05, 4.69) is 15.3 Å². The molecule has 0 saturated heterocycles. The van der Waals surface area contributed by atoms with Gasteiger partial charge in [0.25, 0.3) is 0 Å². The second-order valence-electron chi connectivity index (χ2n) is 3.38. The Labute approximate surface area is 98.2 Å². The SMILES string of the molecule is O=C(O)c1cccnc1NCc1ccccn1. The van der Waals surface area contributed by atoms with Crippen LogP contribution in [0, 0.1) is 0 Å². The maximum atomic E-state index is 10.9. The van der Waals surface area contributed by atoms with Crippen molar-refractivity contribution in [3.05, 3.63) is 54.0 Å². The van der Waals surface area contributed by atoms with Gasteiger partial charge in [0.1, 0.15) is 11.4 Å². The van der Waals surface area contributed by atoms with Crippen LogP contribution in [0.5, 0.6) is 0 Å².